The molecule has 19 heavy (non-hydrogen) atoms. The van der Waals surface area contributed by atoms with Gasteiger partial charge in [0.05, 0.1) is 0 Å². The second-order valence-electron chi connectivity index (χ2n) is 5.15. The molecule has 1 aliphatic heterocycles. The Labute approximate surface area is 119 Å². The van der Waals surface area contributed by atoms with E-state index in [1.807, 2.05) is 0 Å². The van der Waals surface area contributed by atoms with Gasteiger partial charge in [-0.05, 0) is 43.0 Å². The number of fused-ring (bicyclic) bond motifs is 1. The maximum absolute atomic E-state index is 6.12. The zero-order valence-electron chi connectivity index (χ0n) is 11.2. The first-order valence-corrected chi connectivity index (χ1v) is 7.34. The summed E-state index contributed by atoms with van der Waals surface area (Å²) < 4.78 is 0. The molecule has 0 amide bonds. The first-order chi connectivity index (χ1) is 9.29. The first-order valence-electron chi connectivity index (χ1n) is 6.80. The fourth-order valence-corrected chi connectivity index (χ4v) is 3.08. The van der Waals surface area contributed by atoms with Crippen molar-refractivity contribution in [3.8, 4) is 0 Å². The minimum Gasteiger partial charge on any atom is -0.341 e. The number of hydrogen-bond donors (Lipinski definition) is 0. The molecule has 0 radical (unpaired) electrons. The molecule has 2 aromatic rings. The van der Waals surface area contributed by atoms with Crippen LogP contribution in [0.5, 0.6) is 0 Å². The fourth-order valence-electron chi connectivity index (χ4n) is 2.87. The largest absolute Gasteiger partial charge is 0.341 e. The van der Waals surface area contributed by atoms with Crippen molar-refractivity contribution in [2.75, 3.05) is 11.4 Å². The Balaban J connectivity index is 2.09. The van der Waals surface area contributed by atoms with Crippen LogP contribution in [0.2, 0.25) is 0 Å². The lowest BCUT2D eigenvalue weighted by atomic mass is 9.99. The fraction of sp³-hybridized carbons (Fsp3) is 0.294. The van der Waals surface area contributed by atoms with E-state index >= 15 is 0 Å². The molecule has 0 bridgehead atoms. The first kappa shape index (κ1) is 12.6. The molecule has 0 N–H and O–H groups in total. The van der Waals surface area contributed by atoms with Gasteiger partial charge in [-0.1, -0.05) is 35.9 Å². The van der Waals surface area contributed by atoms with Gasteiger partial charge in [0, 0.05) is 23.8 Å². The van der Waals surface area contributed by atoms with E-state index in [-0.39, 0.29) is 0 Å². The van der Waals surface area contributed by atoms with Crippen molar-refractivity contribution in [3.63, 3.8) is 0 Å². The van der Waals surface area contributed by atoms with Crippen molar-refractivity contribution in [1.29, 1.82) is 0 Å². The lowest BCUT2D eigenvalue weighted by Gasteiger charge is -2.32. The molecule has 3 rings (SSSR count). The average Bonchev–Trinajstić information content (AvgIpc) is 2.46. The van der Waals surface area contributed by atoms with Gasteiger partial charge in [0.1, 0.15) is 0 Å². The highest BCUT2D eigenvalue weighted by Gasteiger charge is 2.19. The SMILES string of the molecule is Cc1ccc(N2CCCc3ccccc32)c(CCl)c1. The summed E-state index contributed by atoms with van der Waals surface area (Å²) in [4.78, 5) is 2.41. The molecule has 1 heterocycles. The molecular weight excluding hydrogens is 254 g/mol. The van der Waals surface area contributed by atoms with Crippen molar-refractivity contribution < 1.29 is 0 Å². The van der Waals surface area contributed by atoms with Gasteiger partial charge in [-0.2, -0.15) is 0 Å². The molecule has 0 aliphatic carbocycles. The maximum Gasteiger partial charge on any atom is 0.0494 e. The molecule has 0 aromatic heterocycles. The predicted molar refractivity (Wildman–Crippen MR) is 82.5 cm³/mol. The zero-order valence-corrected chi connectivity index (χ0v) is 12.0. The van der Waals surface area contributed by atoms with E-state index in [0.717, 1.165) is 6.54 Å². The van der Waals surface area contributed by atoms with Gasteiger partial charge in [-0.25, -0.2) is 0 Å². The quantitative estimate of drug-likeness (QED) is 0.708. The van der Waals surface area contributed by atoms with Gasteiger partial charge in [-0.15, -0.1) is 11.6 Å². The normalized spacial score (nSPS) is 14.3. The molecule has 0 saturated carbocycles. The van der Waals surface area contributed by atoms with Crippen LogP contribution in [0.15, 0.2) is 42.5 Å². The van der Waals surface area contributed by atoms with Gasteiger partial charge in [0.2, 0.25) is 0 Å². The smallest absolute Gasteiger partial charge is 0.0494 e. The van der Waals surface area contributed by atoms with Crippen LogP contribution in [-0.4, -0.2) is 6.54 Å². The van der Waals surface area contributed by atoms with Gasteiger partial charge in [-0.3, -0.25) is 0 Å². The van der Waals surface area contributed by atoms with Gasteiger partial charge in [0.15, 0.2) is 0 Å². The monoisotopic (exact) mass is 271 g/mol. The van der Waals surface area contributed by atoms with Crippen LogP contribution in [-0.2, 0) is 12.3 Å². The van der Waals surface area contributed by atoms with Gasteiger partial charge < -0.3 is 4.90 Å². The van der Waals surface area contributed by atoms with Crippen molar-refractivity contribution in [2.24, 2.45) is 0 Å². The summed E-state index contributed by atoms with van der Waals surface area (Å²) in [5.74, 6) is 0.565. The third kappa shape index (κ3) is 2.35. The summed E-state index contributed by atoms with van der Waals surface area (Å²) in [6.45, 7) is 3.19. The molecule has 98 valence electrons. The maximum atomic E-state index is 6.12. The second kappa shape index (κ2) is 5.26. The summed E-state index contributed by atoms with van der Waals surface area (Å²) in [7, 11) is 0. The number of rotatable bonds is 2. The molecule has 0 spiro atoms. The number of aryl methyl sites for hydroxylation is 2. The Kier molecular flexibility index (Phi) is 3.48. The van der Waals surface area contributed by atoms with Crippen LogP contribution in [0.4, 0.5) is 11.4 Å². The Morgan fingerprint density at radius 3 is 2.79 bits per heavy atom. The zero-order chi connectivity index (χ0) is 13.2. The van der Waals surface area contributed by atoms with Crippen molar-refractivity contribution >= 4 is 23.0 Å². The van der Waals surface area contributed by atoms with Crippen LogP contribution in [0, 0.1) is 6.92 Å². The van der Waals surface area contributed by atoms with E-state index < -0.39 is 0 Å². The molecule has 0 saturated heterocycles. The summed E-state index contributed by atoms with van der Waals surface area (Å²) in [5.41, 5.74) is 6.52. The van der Waals surface area contributed by atoms with E-state index in [1.165, 1.54) is 40.9 Å². The van der Waals surface area contributed by atoms with Crippen LogP contribution in [0.3, 0.4) is 0 Å². The van der Waals surface area contributed by atoms with Crippen molar-refractivity contribution in [3.05, 3.63) is 59.2 Å². The second-order valence-corrected chi connectivity index (χ2v) is 5.42. The number of alkyl halides is 1. The molecule has 0 fully saturated rings. The van der Waals surface area contributed by atoms with Gasteiger partial charge >= 0.3 is 0 Å². The van der Waals surface area contributed by atoms with Crippen LogP contribution in [0.25, 0.3) is 0 Å². The van der Waals surface area contributed by atoms with E-state index in [4.69, 9.17) is 11.6 Å². The minimum atomic E-state index is 0.565. The highest BCUT2D eigenvalue weighted by molar-refractivity contribution is 6.17. The van der Waals surface area contributed by atoms with Gasteiger partial charge in [0.25, 0.3) is 0 Å². The van der Waals surface area contributed by atoms with Crippen molar-refractivity contribution in [2.45, 2.75) is 25.6 Å². The molecule has 1 aliphatic rings. The molecular formula is C17H18ClN. The third-order valence-corrected chi connectivity index (χ3v) is 4.07. The van der Waals surface area contributed by atoms with E-state index in [2.05, 4.69) is 54.3 Å². The minimum absolute atomic E-state index is 0.565. The Hall–Kier alpha value is -1.47. The Morgan fingerprint density at radius 2 is 1.95 bits per heavy atom. The number of para-hydroxylation sites is 1. The number of benzene rings is 2. The number of nitrogens with zero attached hydrogens (tertiary/aromatic N) is 1. The molecule has 0 atom stereocenters. The Morgan fingerprint density at radius 1 is 1.11 bits per heavy atom. The average molecular weight is 272 g/mol. The highest BCUT2D eigenvalue weighted by atomic mass is 35.5. The van der Waals surface area contributed by atoms with Crippen LogP contribution in [0.1, 0.15) is 23.1 Å². The van der Waals surface area contributed by atoms with Crippen LogP contribution >= 0.6 is 11.6 Å². The highest BCUT2D eigenvalue weighted by Crippen LogP contribution is 2.35. The molecule has 2 heteroatoms. The topological polar surface area (TPSA) is 3.24 Å². The number of halogens is 1. The lowest BCUT2D eigenvalue weighted by molar-refractivity contribution is 0.765. The molecule has 1 nitrogen and oxygen atoms in total. The van der Waals surface area contributed by atoms with E-state index in [9.17, 15) is 0 Å². The standard InChI is InChI=1S/C17H18ClN/c1-13-8-9-17(15(11-13)12-18)19-10-4-6-14-5-2-3-7-16(14)19/h2-3,5,7-9,11H,4,6,10,12H2,1H3. The molecule has 2 aromatic carbocycles. The number of hydrogen-bond acceptors (Lipinski definition) is 1. The van der Waals surface area contributed by atoms with E-state index in [0.29, 0.717) is 5.88 Å². The summed E-state index contributed by atoms with van der Waals surface area (Å²) >= 11 is 6.12. The third-order valence-electron chi connectivity index (χ3n) is 3.78. The van der Waals surface area contributed by atoms with Crippen molar-refractivity contribution in [1.82, 2.24) is 0 Å². The summed E-state index contributed by atoms with van der Waals surface area (Å²) in [5, 5.41) is 0. The lowest BCUT2D eigenvalue weighted by Crippen LogP contribution is -2.25. The Bertz CT molecular complexity index is 592. The summed E-state index contributed by atoms with van der Waals surface area (Å²) in [6, 6.07) is 15.3. The predicted octanol–water partition coefficient (Wildman–Crippen LogP) is 4.82. The molecule has 0 unspecified atom stereocenters. The summed E-state index contributed by atoms with van der Waals surface area (Å²) in [6.07, 6.45) is 2.38. The van der Waals surface area contributed by atoms with Crippen LogP contribution < -0.4 is 4.90 Å². The number of anilines is 2. The van der Waals surface area contributed by atoms with E-state index in [1.54, 1.807) is 0 Å².